The van der Waals surface area contributed by atoms with Gasteiger partial charge in [-0.3, -0.25) is 9.80 Å². The molecule has 2 heterocycles. The maximum absolute atomic E-state index is 13.3. The van der Waals surface area contributed by atoms with Crippen LogP contribution in [0.3, 0.4) is 0 Å². The number of nitrogens with zero attached hydrogens (tertiary/aromatic N) is 4. The zero-order valence-corrected chi connectivity index (χ0v) is 17.4. The van der Waals surface area contributed by atoms with Crippen LogP contribution < -0.4 is 9.64 Å². The van der Waals surface area contributed by atoms with Crippen molar-refractivity contribution in [3.63, 3.8) is 0 Å². The first kappa shape index (κ1) is 20.3. The largest absolute Gasteiger partial charge is 0.481 e. The minimum absolute atomic E-state index is 0.353. The van der Waals surface area contributed by atoms with Crippen LogP contribution in [0.25, 0.3) is 0 Å². The molecular weight excluding hydrogens is 400 g/mol. The van der Waals surface area contributed by atoms with Crippen LogP contribution in [0.15, 0.2) is 42.6 Å². The van der Waals surface area contributed by atoms with Crippen molar-refractivity contribution in [1.29, 1.82) is 0 Å². The van der Waals surface area contributed by atoms with Crippen molar-refractivity contribution in [1.82, 2.24) is 14.8 Å². The van der Waals surface area contributed by atoms with E-state index in [2.05, 4.69) is 4.98 Å². The highest BCUT2D eigenvalue weighted by molar-refractivity contribution is 7.99. The number of rotatable bonds is 6. The standard InChI is InChI=1S/C19H21ClN4O3S/c1-4-28-19-22(2)17(25)24(15-9-10-16(27-3)21-11-15)18(26)23(19)12-13-5-7-14(20)8-6-13/h5-11,19H,4,12H2,1-3H3. The van der Waals surface area contributed by atoms with Gasteiger partial charge in [-0.05, 0) is 29.5 Å². The molecule has 1 fully saturated rings. The Hall–Kier alpha value is -2.45. The van der Waals surface area contributed by atoms with Crippen molar-refractivity contribution in [3.8, 4) is 5.88 Å². The highest BCUT2D eigenvalue weighted by Gasteiger charge is 2.43. The second-order valence-electron chi connectivity index (χ2n) is 6.11. The predicted octanol–water partition coefficient (Wildman–Crippen LogP) is 4.27. The van der Waals surface area contributed by atoms with Crippen LogP contribution in [0.1, 0.15) is 12.5 Å². The van der Waals surface area contributed by atoms with E-state index >= 15 is 0 Å². The molecule has 1 aliphatic rings. The number of hydrogen-bond acceptors (Lipinski definition) is 5. The lowest BCUT2D eigenvalue weighted by molar-refractivity contribution is 0.126. The monoisotopic (exact) mass is 420 g/mol. The molecule has 1 atom stereocenters. The number of amides is 4. The van der Waals surface area contributed by atoms with Crippen molar-refractivity contribution in [3.05, 3.63) is 53.2 Å². The van der Waals surface area contributed by atoms with Crippen molar-refractivity contribution in [2.45, 2.75) is 19.0 Å². The number of ether oxygens (including phenoxy) is 1. The molecule has 1 saturated heterocycles. The molecule has 148 valence electrons. The predicted molar refractivity (Wildman–Crippen MR) is 111 cm³/mol. The summed E-state index contributed by atoms with van der Waals surface area (Å²) in [5.74, 6) is 1.17. The fourth-order valence-electron chi connectivity index (χ4n) is 2.90. The molecule has 0 saturated carbocycles. The topological polar surface area (TPSA) is 66.0 Å². The third-order valence-electron chi connectivity index (χ3n) is 4.30. The van der Waals surface area contributed by atoms with Crippen LogP contribution in [-0.2, 0) is 6.54 Å². The number of anilines is 1. The van der Waals surface area contributed by atoms with Gasteiger partial charge in [0.25, 0.3) is 0 Å². The molecule has 4 amide bonds. The summed E-state index contributed by atoms with van der Waals surface area (Å²) in [5.41, 5.74) is 0.918. The maximum Gasteiger partial charge on any atom is 0.335 e. The summed E-state index contributed by atoms with van der Waals surface area (Å²) < 4.78 is 5.06. The number of urea groups is 2. The summed E-state index contributed by atoms with van der Waals surface area (Å²) in [4.78, 5) is 34.7. The summed E-state index contributed by atoms with van der Waals surface area (Å²) >= 11 is 7.49. The summed E-state index contributed by atoms with van der Waals surface area (Å²) in [7, 11) is 3.20. The molecule has 0 N–H and O–H groups in total. The van der Waals surface area contributed by atoms with Crippen LogP contribution in [0.4, 0.5) is 15.3 Å². The fraction of sp³-hybridized carbons (Fsp3) is 0.316. The van der Waals surface area contributed by atoms with Gasteiger partial charge in [0, 0.05) is 18.1 Å². The Morgan fingerprint density at radius 1 is 1.14 bits per heavy atom. The molecule has 7 nitrogen and oxygen atoms in total. The summed E-state index contributed by atoms with van der Waals surface area (Å²) in [6.45, 7) is 2.35. The van der Waals surface area contributed by atoms with Crippen molar-refractivity contribution >= 4 is 41.1 Å². The molecule has 0 aliphatic carbocycles. The molecule has 3 rings (SSSR count). The summed E-state index contributed by atoms with van der Waals surface area (Å²) in [6.07, 6.45) is 1.45. The normalized spacial score (nSPS) is 17.3. The molecular formula is C19H21ClN4O3S. The van der Waals surface area contributed by atoms with E-state index in [1.54, 1.807) is 41.1 Å². The number of halogens is 1. The maximum atomic E-state index is 13.3. The number of aromatic nitrogens is 1. The van der Waals surface area contributed by atoms with Crippen molar-refractivity contribution in [2.24, 2.45) is 0 Å². The van der Waals surface area contributed by atoms with Crippen LogP contribution >= 0.6 is 23.4 Å². The number of benzene rings is 1. The third kappa shape index (κ3) is 4.02. The van der Waals surface area contributed by atoms with Crippen LogP contribution in [-0.4, -0.2) is 52.3 Å². The first-order chi connectivity index (χ1) is 13.5. The molecule has 1 aromatic heterocycles. The van der Waals surface area contributed by atoms with Crippen molar-refractivity contribution < 1.29 is 14.3 Å². The van der Waals surface area contributed by atoms with E-state index < -0.39 is 17.6 Å². The highest BCUT2D eigenvalue weighted by atomic mass is 35.5. The fourth-order valence-corrected chi connectivity index (χ4v) is 3.98. The Balaban J connectivity index is 1.94. The van der Waals surface area contributed by atoms with E-state index in [0.29, 0.717) is 23.1 Å². The van der Waals surface area contributed by atoms with E-state index in [1.165, 1.54) is 25.1 Å². The minimum Gasteiger partial charge on any atom is -0.481 e. The van der Waals surface area contributed by atoms with E-state index in [0.717, 1.165) is 16.2 Å². The minimum atomic E-state index is -0.400. The van der Waals surface area contributed by atoms with E-state index in [1.807, 2.05) is 19.1 Å². The Kier molecular flexibility index (Phi) is 6.31. The summed E-state index contributed by atoms with van der Waals surface area (Å²) in [6, 6.07) is 9.79. The van der Waals surface area contributed by atoms with Gasteiger partial charge >= 0.3 is 12.1 Å². The first-order valence-electron chi connectivity index (χ1n) is 8.70. The lowest BCUT2D eigenvalue weighted by Gasteiger charge is -2.45. The quantitative estimate of drug-likeness (QED) is 0.698. The molecule has 0 spiro atoms. The van der Waals surface area contributed by atoms with Crippen molar-refractivity contribution in [2.75, 3.05) is 24.8 Å². The molecule has 1 unspecified atom stereocenters. The first-order valence-corrected chi connectivity index (χ1v) is 10.1. The van der Waals surface area contributed by atoms with Gasteiger partial charge in [0.1, 0.15) is 0 Å². The zero-order chi connectivity index (χ0) is 20.3. The summed E-state index contributed by atoms with van der Waals surface area (Å²) in [5, 5.41) is 0.631. The molecule has 9 heteroatoms. The number of pyridine rings is 1. The van der Waals surface area contributed by atoms with Crippen LogP contribution in [0, 0.1) is 0 Å². The second kappa shape index (κ2) is 8.70. The number of hydrogen-bond donors (Lipinski definition) is 0. The smallest absolute Gasteiger partial charge is 0.335 e. The number of methoxy groups -OCH3 is 1. The average molecular weight is 421 g/mol. The molecule has 0 radical (unpaired) electrons. The zero-order valence-electron chi connectivity index (χ0n) is 15.8. The number of thioether (sulfide) groups is 1. The van der Waals surface area contributed by atoms with Gasteiger partial charge < -0.3 is 4.74 Å². The van der Waals surface area contributed by atoms with E-state index in [-0.39, 0.29) is 0 Å². The van der Waals surface area contributed by atoms with Crippen LogP contribution in [0.5, 0.6) is 5.88 Å². The lowest BCUT2D eigenvalue weighted by atomic mass is 10.2. The Labute approximate surface area is 173 Å². The Morgan fingerprint density at radius 3 is 2.43 bits per heavy atom. The van der Waals surface area contributed by atoms with E-state index in [9.17, 15) is 9.59 Å². The molecule has 1 aliphatic heterocycles. The molecule has 1 aromatic carbocycles. The van der Waals surface area contributed by atoms with Crippen LogP contribution in [0.2, 0.25) is 5.02 Å². The molecule has 0 bridgehead atoms. The Morgan fingerprint density at radius 2 is 1.86 bits per heavy atom. The molecule has 2 aromatic rings. The third-order valence-corrected chi connectivity index (χ3v) is 5.75. The van der Waals surface area contributed by atoms with Gasteiger partial charge in [0.15, 0.2) is 5.50 Å². The SMILES string of the molecule is CCSC1N(C)C(=O)N(c2ccc(OC)nc2)C(=O)N1Cc1ccc(Cl)cc1. The van der Waals surface area contributed by atoms with Gasteiger partial charge in [-0.1, -0.05) is 30.7 Å². The lowest BCUT2D eigenvalue weighted by Crippen LogP contribution is -2.64. The van der Waals surface area contributed by atoms with Gasteiger partial charge in [-0.25, -0.2) is 19.5 Å². The second-order valence-corrected chi connectivity index (χ2v) is 7.87. The van der Waals surface area contributed by atoms with Gasteiger partial charge in [-0.2, -0.15) is 0 Å². The number of imide groups is 1. The Bertz CT molecular complexity index is 847. The highest BCUT2D eigenvalue weighted by Crippen LogP contribution is 2.31. The number of carbonyl (C=O) groups is 2. The number of carbonyl (C=O) groups excluding carboxylic acids is 2. The molecule has 28 heavy (non-hydrogen) atoms. The van der Waals surface area contributed by atoms with Gasteiger partial charge in [0.2, 0.25) is 5.88 Å². The van der Waals surface area contributed by atoms with E-state index in [4.69, 9.17) is 16.3 Å². The van der Waals surface area contributed by atoms with Gasteiger partial charge in [0.05, 0.1) is 25.5 Å². The average Bonchev–Trinajstić information content (AvgIpc) is 2.71. The van der Waals surface area contributed by atoms with Gasteiger partial charge in [-0.15, -0.1) is 11.8 Å².